The third-order valence-electron chi connectivity index (χ3n) is 3.31. The summed E-state index contributed by atoms with van der Waals surface area (Å²) in [5.74, 6) is 0.827. The van der Waals surface area contributed by atoms with Gasteiger partial charge in [0.15, 0.2) is 0 Å². The Morgan fingerprint density at radius 2 is 1.83 bits per heavy atom. The smallest absolute Gasteiger partial charge is 0.233 e. The zero-order valence-electron chi connectivity index (χ0n) is 10.7. The van der Waals surface area contributed by atoms with Gasteiger partial charge in [-0.25, -0.2) is 0 Å². The second-order valence-electron chi connectivity index (χ2n) is 4.73. The molecule has 0 unspecified atom stereocenters. The summed E-state index contributed by atoms with van der Waals surface area (Å²) in [5.41, 5.74) is 0.565. The van der Waals surface area contributed by atoms with Crippen LogP contribution in [0.4, 0.5) is 0 Å². The normalized spacial score (nSPS) is 16.4. The molecular formula is C15H20NO2. The first kappa shape index (κ1) is 13.1. The second kappa shape index (κ2) is 7.17. The van der Waals surface area contributed by atoms with Crippen molar-refractivity contribution in [3.8, 4) is 5.75 Å². The van der Waals surface area contributed by atoms with Crippen molar-refractivity contribution < 1.29 is 9.53 Å². The molecule has 3 nitrogen and oxygen atoms in total. The highest BCUT2D eigenvalue weighted by Crippen LogP contribution is 2.12. The molecule has 1 radical (unpaired) electrons. The van der Waals surface area contributed by atoms with Crippen LogP contribution < -0.4 is 4.74 Å². The molecule has 3 heteroatoms. The highest BCUT2D eigenvalue weighted by atomic mass is 16.5. The minimum absolute atomic E-state index is 0.565. The van der Waals surface area contributed by atoms with E-state index in [1.54, 1.807) is 12.1 Å². The van der Waals surface area contributed by atoms with Gasteiger partial charge in [-0.3, -0.25) is 4.79 Å². The summed E-state index contributed by atoms with van der Waals surface area (Å²) < 4.78 is 5.64. The van der Waals surface area contributed by atoms with Crippen molar-refractivity contribution in [1.82, 2.24) is 4.90 Å². The first-order chi connectivity index (χ1) is 8.88. The zero-order chi connectivity index (χ0) is 12.6. The second-order valence-corrected chi connectivity index (χ2v) is 4.73. The number of ether oxygens (including phenoxy) is 1. The molecule has 1 aromatic carbocycles. The number of likely N-dealkylation sites (tertiary alicyclic amines) is 1. The molecule has 0 spiro atoms. The van der Waals surface area contributed by atoms with E-state index in [4.69, 9.17) is 4.74 Å². The van der Waals surface area contributed by atoms with Crippen LogP contribution in [0.25, 0.3) is 0 Å². The van der Waals surface area contributed by atoms with Crippen LogP contribution in [0.15, 0.2) is 24.3 Å². The number of hydrogen-bond donors (Lipinski definition) is 0. The Kier molecular flexibility index (Phi) is 5.21. The van der Waals surface area contributed by atoms with Gasteiger partial charge < -0.3 is 9.64 Å². The van der Waals surface area contributed by atoms with Crippen molar-refractivity contribution in [3.05, 3.63) is 29.8 Å². The van der Waals surface area contributed by atoms with E-state index in [2.05, 4.69) is 4.90 Å². The first-order valence-electron chi connectivity index (χ1n) is 6.72. The average molecular weight is 246 g/mol. The molecule has 1 aliphatic rings. The Balaban J connectivity index is 1.63. The lowest BCUT2D eigenvalue weighted by atomic mass is 10.1. The fourth-order valence-corrected chi connectivity index (χ4v) is 2.28. The van der Waals surface area contributed by atoms with E-state index in [1.165, 1.54) is 32.4 Å². The van der Waals surface area contributed by atoms with Crippen LogP contribution in [0.2, 0.25) is 0 Å². The number of hydrogen-bond acceptors (Lipinski definition) is 3. The van der Waals surface area contributed by atoms with E-state index in [1.807, 2.05) is 18.4 Å². The molecule has 1 fully saturated rings. The van der Waals surface area contributed by atoms with E-state index in [9.17, 15) is 4.79 Å². The topological polar surface area (TPSA) is 29.5 Å². The third-order valence-corrected chi connectivity index (χ3v) is 3.31. The first-order valence-corrected chi connectivity index (χ1v) is 6.72. The minimum atomic E-state index is 0.565. The molecule has 0 saturated carbocycles. The molecule has 2 rings (SSSR count). The highest BCUT2D eigenvalue weighted by Gasteiger charge is 2.08. The largest absolute Gasteiger partial charge is 0.494 e. The molecule has 1 aromatic rings. The zero-order valence-corrected chi connectivity index (χ0v) is 10.7. The number of piperidine rings is 1. The van der Waals surface area contributed by atoms with Gasteiger partial charge in [0.2, 0.25) is 6.29 Å². The maximum atomic E-state index is 10.4. The molecule has 1 aliphatic heterocycles. The lowest BCUT2D eigenvalue weighted by Gasteiger charge is -2.26. The van der Waals surface area contributed by atoms with Gasteiger partial charge in [-0.1, -0.05) is 6.42 Å². The summed E-state index contributed by atoms with van der Waals surface area (Å²) in [5, 5.41) is 0. The van der Waals surface area contributed by atoms with E-state index in [-0.39, 0.29) is 0 Å². The van der Waals surface area contributed by atoms with Gasteiger partial charge in [0, 0.05) is 12.1 Å². The van der Waals surface area contributed by atoms with Crippen molar-refractivity contribution in [2.45, 2.75) is 25.7 Å². The summed E-state index contributed by atoms with van der Waals surface area (Å²) in [6, 6.07) is 7.10. The molecule has 0 atom stereocenters. The van der Waals surface area contributed by atoms with Gasteiger partial charge >= 0.3 is 0 Å². The molecule has 97 valence electrons. The van der Waals surface area contributed by atoms with Gasteiger partial charge in [-0.2, -0.15) is 0 Å². The van der Waals surface area contributed by atoms with E-state index >= 15 is 0 Å². The van der Waals surface area contributed by atoms with Crippen molar-refractivity contribution in [3.63, 3.8) is 0 Å². The summed E-state index contributed by atoms with van der Waals surface area (Å²) in [6.45, 7) is 4.34. The molecule has 18 heavy (non-hydrogen) atoms. The number of carbonyl (C=O) groups excluding carboxylic acids is 1. The highest BCUT2D eigenvalue weighted by molar-refractivity contribution is 5.75. The average Bonchev–Trinajstić information content (AvgIpc) is 2.45. The van der Waals surface area contributed by atoms with E-state index in [0.29, 0.717) is 5.56 Å². The SMILES string of the molecule is O=[C]c1ccc(OCCCN2CCCCC2)cc1. The maximum Gasteiger partial charge on any atom is 0.233 e. The third kappa shape index (κ3) is 4.15. The Morgan fingerprint density at radius 3 is 2.50 bits per heavy atom. The standard InChI is InChI=1S/C15H20NO2/c17-13-14-5-7-15(8-6-14)18-12-4-11-16-9-2-1-3-10-16/h5-8H,1-4,9-12H2. The Morgan fingerprint density at radius 1 is 1.11 bits per heavy atom. The Hall–Kier alpha value is -1.35. The monoisotopic (exact) mass is 246 g/mol. The molecule has 0 N–H and O–H groups in total. The lowest BCUT2D eigenvalue weighted by Crippen LogP contribution is -2.31. The Bertz CT molecular complexity index is 355. The fraction of sp³-hybridized carbons (Fsp3) is 0.533. The number of rotatable bonds is 6. The molecule has 1 heterocycles. The minimum Gasteiger partial charge on any atom is -0.494 e. The lowest BCUT2D eigenvalue weighted by molar-refractivity contribution is 0.205. The van der Waals surface area contributed by atoms with Gasteiger partial charge in [-0.15, -0.1) is 0 Å². The van der Waals surface area contributed by atoms with Crippen LogP contribution in [0.5, 0.6) is 5.75 Å². The van der Waals surface area contributed by atoms with Gasteiger partial charge in [-0.05, 0) is 56.6 Å². The summed E-state index contributed by atoms with van der Waals surface area (Å²) in [6.07, 6.45) is 6.97. The number of nitrogens with zero attached hydrogens (tertiary/aromatic N) is 1. The van der Waals surface area contributed by atoms with Crippen LogP contribution in [0.1, 0.15) is 31.2 Å². The maximum absolute atomic E-state index is 10.4. The quantitative estimate of drug-likeness (QED) is 0.722. The van der Waals surface area contributed by atoms with Crippen LogP contribution in [-0.2, 0) is 4.79 Å². The summed E-state index contributed by atoms with van der Waals surface area (Å²) >= 11 is 0. The van der Waals surface area contributed by atoms with E-state index in [0.717, 1.165) is 25.3 Å². The van der Waals surface area contributed by atoms with Crippen LogP contribution in [-0.4, -0.2) is 37.4 Å². The predicted molar refractivity (Wildman–Crippen MR) is 71.6 cm³/mol. The molecule has 0 amide bonds. The van der Waals surface area contributed by atoms with Crippen molar-refractivity contribution in [2.75, 3.05) is 26.2 Å². The van der Waals surface area contributed by atoms with Crippen LogP contribution >= 0.6 is 0 Å². The Labute approximate surface area is 109 Å². The van der Waals surface area contributed by atoms with Gasteiger partial charge in [0.1, 0.15) is 5.75 Å². The van der Waals surface area contributed by atoms with Gasteiger partial charge in [0.25, 0.3) is 0 Å². The molecule has 1 saturated heterocycles. The fourth-order valence-electron chi connectivity index (χ4n) is 2.28. The van der Waals surface area contributed by atoms with Gasteiger partial charge in [0.05, 0.1) is 6.61 Å². The number of benzene rings is 1. The summed E-state index contributed by atoms with van der Waals surface area (Å²) in [4.78, 5) is 12.9. The molecule has 0 aromatic heterocycles. The van der Waals surface area contributed by atoms with Crippen LogP contribution in [0, 0.1) is 0 Å². The van der Waals surface area contributed by atoms with Crippen molar-refractivity contribution >= 4 is 6.29 Å². The van der Waals surface area contributed by atoms with E-state index < -0.39 is 0 Å². The predicted octanol–water partition coefficient (Wildman–Crippen LogP) is 2.40. The van der Waals surface area contributed by atoms with Crippen molar-refractivity contribution in [1.29, 1.82) is 0 Å². The summed E-state index contributed by atoms with van der Waals surface area (Å²) in [7, 11) is 0. The molecule has 0 bridgehead atoms. The molecular weight excluding hydrogens is 226 g/mol. The molecule has 0 aliphatic carbocycles. The van der Waals surface area contributed by atoms with Crippen molar-refractivity contribution in [2.24, 2.45) is 0 Å². The van der Waals surface area contributed by atoms with Crippen LogP contribution in [0.3, 0.4) is 0 Å².